The molecule has 9 heteroatoms. The lowest BCUT2D eigenvalue weighted by molar-refractivity contribution is -0.386. The Bertz CT molecular complexity index is 601. The highest BCUT2D eigenvalue weighted by molar-refractivity contribution is 5.75. The van der Waals surface area contributed by atoms with E-state index in [0.29, 0.717) is 6.42 Å². The molecule has 0 aromatic carbocycles. The van der Waals surface area contributed by atoms with Gasteiger partial charge in [-0.3, -0.25) is 29.3 Å². The van der Waals surface area contributed by atoms with Gasteiger partial charge in [0.15, 0.2) is 0 Å². The Hall–Kier alpha value is -2.45. The number of aromatic nitrogens is 2. The first-order valence-electron chi connectivity index (χ1n) is 5.51. The van der Waals surface area contributed by atoms with Crippen molar-refractivity contribution in [3.63, 3.8) is 0 Å². The fourth-order valence-electron chi connectivity index (χ4n) is 1.42. The van der Waals surface area contributed by atoms with E-state index in [1.165, 1.54) is 4.90 Å². The number of nitro groups is 1. The zero-order chi connectivity index (χ0) is 14.6. The van der Waals surface area contributed by atoms with E-state index in [9.17, 15) is 24.5 Å². The SMILES string of the molecule is CN(C)C(=O)CCCn1cc([N+](=O)[O-])c(=O)[nH]c1=O. The number of rotatable bonds is 5. The summed E-state index contributed by atoms with van der Waals surface area (Å²) in [5.74, 6) is -0.105. The number of carbonyl (C=O) groups is 1. The third-order valence-electron chi connectivity index (χ3n) is 2.48. The first kappa shape index (κ1) is 14.6. The first-order chi connectivity index (χ1) is 8.82. The van der Waals surface area contributed by atoms with Crippen LogP contribution in [-0.4, -0.2) is 39.4 Å². The molecule has 19 heavy (non-hydrogen) atoms. The molecule has 104 valence electrons. The van der Waals surface area contributed by atoms with Gasteiger partial charge in [-0.15, -0.1) is 0 Å². The van der Waals surface area contributed by atoms with Crippen molar-refractivity contribution in [2.75, 3.05) is 14.1 Å². The van der Waals surface area contributed by atoms with Crippen LogP contribution in [0.2, 0.25) is 0 Å². The fraction of sp³-hybridized carbons (Fsp3) is 0.500. The second-order valence-electron chi connectivity index (χ2n) is 4.12. The molecule has 1 aromatic rings. The highest BCUT2D eigenvalue weighted by Crippen LogP contribution is 2.01. The zero-order valence-electron chi connectivity index (χ0n) is 10.6. The summed E-state index contributed by atoms with van der Waals surface area (Å²) in [5, 5.41) is 10.6. The second kappa shape index (κ2) is 5.94. The number of carbonyl (C=O) groups excluding carboxylic acids is 1. The van der Waals surface area contributed by atoms with Gasteiger partial charge in [0.05, 0.1) is 11.1 Å². The van der Waals surface area contributed by atoms with Crippen LogP contribution in [0.5, 0.6) is 0 Å². The Morgan fingerprint density at radius 1 is 1.47 bits per heavy atom. The minimum Gasteiger partial charge on any atom is -0.349 e. The molecule has 0 radical (unpaired) electrons. The van der Waals surface area contributed by atoms with Gasteiger partial charge in [0.2, 0.25) is 5.91 Å². The van der Waals surface area contributed by atoms with Crippen LogP contribution in [0.1, 0.15) is 12.8 Å². The van der Waals surface area contributed by atoms with E-state index in [0.717, 1.165) is 10.8 Å². The van der Waals surface area contributed by atoms with Crippen molar-refractivity contribution in [1.82, 2.24) is 14.5 Å². The summed E-state index contributed by atoms with van der Waals surface area (Å²) in [6.07, 6.45) is 1.45. The summed E-state index contributed by atoms with van der Waals surface area (Å²) >= 11 is 0. The van der Waals surface area contributed by atoms with Gasteiger partial charge in [-0.1, -0.05) is 0 Å². The second-order valence-corrected chi connectivity index (χ2v) is 4.12. The van der Waals surface area contributed by atoms with Gasteiger partial charge in [0, 0.05) is 27.1 Å². The maximum Gasteiger partial charge on any atom is 0.350 e. The quantitative estimate of drug-likeness (QED) is 0.561. The number of aryl methyl sites for hydroxylation is 1. The maximum atomic E-state index is 11.4. The summed E-state index contributed by atoms with van der Waals surface area (Å²) in [4.78, 5) is 46.9. The van der Waals surface area contributed by atoms with Crippen LogP contribution in [-0.2, 0) is 11.3 Å². The summed E-state index contributed by atoms with van der Waals surface area (Å²) in [5.41, 5.74) is -2.46. The highest BCUT2D eigenvalue weighted by atomic mass is 16.6. The number of hydrogen-bond acceptors (Lipinski definition) is 5. The van der Waals surface area contributed by atoms with E-state index in [1.807, 2.05) is 4.98 Å². The topological polar surface area (TPSA) is 118 Å². The average molecular weight is 270 g/mol. The molecule has 0 saturated carbocycles. The van der Waals surface area contributed by atoms with Crippen molar-refractivity contribution in [3.8, 4) is 0 Å². The highest BCUT2D eigenvalue weighted by Gasteiger charge is 2.14. The predicted octanol–water partition coefficient (Wildman–Crippen LogP) is -0.687. The summed E-state index contributed by atoms with van der Waals surface area (Å²) in [6.45, 7) is 0.121. The van der Waals surface area contributed by atoms with Crippen LogP contribution >= 0.6 is 0 Å². The molecule has 0 saturated heterocycles. The number of nitrogens with zero attached hydrogens (tertiary/aromatic N) is 3. The largest absolute Gasteiger partial charge is 0.350 e. The molecule has 0 aliphatic rings. The number of hydrogen-bond donors (Lipinski definition) is 1. The first-order valence-corrected chi connectivity index (χ1v) is 5.51. The number of H-pyrrole nitrogens is 1. The molecule has 1 N–H and O–H groups in total. The van der Waals surface area contributed by atoms with Gasteiger partial charge >= 0.3 is 16.9 Å². The van der Waals surface area contributed by atoms with Crippen LogP contribution in [0.3, 0.4) is 0 Å². The van der Waals surface area contributed by atoms with Gasteiger partial charge < -0.3 is 4.90 Å². The smallest absolute Gasteiger partial charge is 0.349 e. The molecule has 1 aromatic heterocycles. The molecular weight excluding hydrogens is 256 g/mol. The van der Waals surface area contributed by atoms with Crippen molar-refractivity contribution in [2.45, 2.75) is 19.4 Å². The van der Waals surface area contributed by atoms with Crippen molar-refractivity contribution in [3.05, 3.63) is 37.1 Å². The summed E-state index contributed by atoms with van der Waals surface area (Å²) in [7, 11) is 3.22. The lowest BCUT2D eigenvalue weighted by Gasteiger charge is -2.10. The Morgan fingerprint density at radius 3 is 2.63 bits per heavy atom. The lowest BCUT2D eigenvalue weighted by Crippen LogP contribution is -2.31. The van der Waals surface area contributed by atoms with Gasteiger partial charge in [0.1, 0.15) is 0 Å². The molecule has 1 amide bonds. The molecule has 0 aliphatic carbocycles. The Morgan fingerprint density at radius 2 is 2.11 bits per heavy atom. The van der Waals surface area contributed by atoms with Gasteiger partial charge in [-0.25, -0.2) is 4.79 Å². The molecule has 0 fully saturated rings. The maximum absolute atomic E-state index is 11.4. The monoisotopic (exact) mass is 270 g/mol. The lowest BCUT2D eigenvalue weighted by atomic mass is 10.3. The summed E-state index contributed by atoms with van der Waals surface area (Å²) < 4.78 is 1.02. The van der Waals surface area contributed by atoms with Crippen molar-refractivity contribution in [2.24, 2.45) is 0 Å². The molecular formula is C10H14N4O5. The van der Waals surface area contributed by atoms with E-state index < -0.39 is 21.9 Å². The zero-order valence-corrected chi connectivity index (χ0v) is 10.6. The minimum atomic E-state index is -1.03. The summed E-state index contributed by atoms with van der Waals surface area (Å²) in [6, 6.07) is 0. The van der Waals surface area contributed by atoms with E-state index in [-0.39, 0.29) is 18.9 Å². The minimum absolute atomic E-state index is 0.105. The number of aromatic amines is 1. The third-order valence-corrected chi connectivity index (χ3v) is 2.48. The van der Waals surface area contributed by atoms with Gasteiger partial charge in [0.25, 0.3) is 0 Å². The van der Waals surface area contributed by atoms with Crippen molar-refractivity contribution in [1.29, 1.82) is 0 Å². The standard InChI is InChI=1S/C10H14N4O5/c1-12(2)8(15)4-3-5-13-6-7(14(18)19)9(16)11-10(13)17/h6H,3-5H2,1-2H3,(H,11,16,17). The molecule has 9 nitrogen and oxygen atoms in total. The van der Waals surface area contributed by atoms with Crippen LogP contribution in [0, 0.1) is 10.1 Å². The Labute approximate surface area is 107 Å². The van der Waals surface area contributed by atoms with Crippen LogP contribution in [0.25, 0.3) is 0 Å². The van der Waals surface area contributed by atoms with Crippen molar-refractivity contribution < 1.29 is 9.72 Å². The Kier molecular flexibility index (Phi) is 4.56. The molecule has 0 bridgehead atoms. The molecule has 1 heterocycles. The van der Waals surface area contributed by atoms with E-state index in [2.05, 4.69) is 0 Å². The third kappa shape index (κ3) is 3.76. The van der Waals surface area contributed by atoms with E-state index in [1.54, 1.807) is 14.1 Å². The molecule has 1 rings (SSSR count). The molecule has 0 atom stereocenters. The number of nitrogens with one attached hydrogen (secondary N) is 1. The molecule has 0 unspecified atom stereocenters. The van der Waals surface area contributed by atoms with Crippen LogP contribution in [0.4, 0.5) is 5.69 Å². The van der Waals surface area contributed by atoms with Crippen molar-refractivity contribution >= 4 is 11.6 Å². The fourth-order valence-corrected chi connectivity index (χ4v) is 1.42. The average Bonchev–Trinajstić information content (AvgIpc) is 2.30. The van der Waals surface area contributed by atoms with Gasteiger partial charge in [-0.05, 0) is 6.42 Å². The number of amides is 1. The normalized spacial score (nSPS) is 10.2. The predicted molar refractivity (Wildman–Crippen MR) is 65.9 cm³/mol. The molecule has 0 spiro atoms. The van der Waals surface area contributed by atoms with E-state index >= 15 is 0 Å². The van der Waals surface area contributed by atoms with E-state index in [4.69, 9.17) is 0 Å². The molecule has 0 aliphatic heterocycles. The van der Waals surface area contributed by atoms with Crippen LogP contribution < -0.4 is 11.2 Å². The Balaban J connectivity index is 2.82. The van der Waals surface area contributed by atoms with Crippen LogP contribution in [0.15, 0.2) is 15.8 Å². The van der Waals surface area contributed by atoms with Gasteiger partial charge in [-0.2, -0.15) is 0 Å².